The topological polar surface area (TPSA) is 66.5 Å². The zero-order valence-electron chi connectivity index (χ0n) is 8.27. The standard InChI is InChI=1S/C8H13N5S/c1-10-7(5-9)3-4-14-8-12-11-6-13(8)2/h6-7,10H,3-4H2,1-2H3. The van der Waals surface area contributed by atoms with Crippen molar-refractivity contribution in [2.75, 3.05) is 12.8 Å². The third-order valence-electron chi connectivity index (χ3n) is 1.81. The lowest BCUT2D eigenvalue weighted by atomic mass is 10.3. The molecule has 1 unspecified atom stereocenters. The number of aryl methyl sites for hydroxylation is 1. The van der Waals surface area contributed by atoms with Gasteiger partial charge in [-0.2, -0.15) is 5.26 Å². The van der Waals surface area contributed by atoms with Gasteiger partial charge in [-0.05, 0) is 13.5 Å². The number of thioether (sulfide) groups is 1. The lowest BCUT2D eigenvalue weighted by Crippen LogP contribution is -2.23. The average molecular weight is 211 g/mol. The first kappa shape index (κ1) is 11.0. The average Bonchev–Trinajstić information content (AvgIpc) is 2.59. The number of nitrogens with zero attached hydrogens (tertiary/aromatic N) is 4. The molecule has 0 aliphatic carbocycles. The summed E-state index contributed by atoms with van der Waals surface area (Å²) < 4.78 is 1.87. The van der Waals surface area contributed by atoms with Crippen molar-refractivity contribution >= 4 is 11.8 Å². The van der Waals surface area contributed by atoms with Crippen LogP contribution in [-0.4, -0.2) is 33.6 Å². The summed E-state index contributed by atoms with van der Waals surface area (Å²) >= 11 is 1.61. The minimum absolute atomic E-state index is 0.0734. The Labute approximate surface area is 87.5 Å². The molecule has 0 fully saturated rings. The molecule has 0 bridgehead atoms. The van der Waals surface area contributed by atoms with Gasteiger partial charge in [-0.25, -0.2) is 0 Å². The van der Waals surface area contributed by atoms with Crippen LogP contribution in [0.2, 0.25) is 0 Å². The Morgan fingerprint density at radius 2 is 2.57 bits per heavy atom. The molecule has 76 valence electrons. The van der Waals surface area contributed by atoms with Crippen molar-refractivity contribution in [3.05, 3.63) is 6.33 Å². The van der Waals surface area contributed by atoms with Crippen molar-refractivity contribution in [3.8, 4) is 6.07 Å². The van der Waals surface area contributed by atoms with Crippen LogP contribution in [0.25, 0.3) is 0 Å². The Bertz CT molecular complexity index is 316. The summed E-state index contributed by atoms with van der Waals surface area (Å²) in [5.74, 6) is 0.867. The zero-order chi connectivity index (χ0) is 10.4. The fraction of sp³-hybridized carbons (Fsp3) is 0.625. The van der Waals surface area contributed by atoms with Crippen LogP contribution in [0.1, 0.15) is 6.42 Å². The first-order chi connectivity index (χ1) is 6.77. The summed E-state index contributed by atoms with van der Waals surface area (Å²) in [5.41, 5.74) is 0. The largest absolute Gasteiger partial charge is 0.312 e. The third kappa shape index (κ3) is 3.01. The number of aromatic nitrogens is 3. The highest BCUT2D eigenvalue weighted by Crippen LogP contribution is 2.14. The first-order valence-electron chi connectivity index (χ1n) is 4.31. The van der Waals surface area contributed by atoms with Crippen LogP contribution in [0.15, 0.2) is 11.5 Å². The second kappa shape index (κ2) is 5.62. The van der Waals surface area contributed by atoms with E-state index in [1.165, 1.54) is 0 Å². The molecule has 0 aromatic carbocycles. The molecular formula is C8H13N5S. The second-order valence-corrected chi connectivity index (χ2v) is 3.89. The summed E-state index contributed by atoms with van der Waals surface area (Å²) in [5, 5.41) is 20.2. The van der Waals surface area contributed by atoms with E-state index >= 15 is 0 Å². The van der Waals surface area contributed by atoms with Gasteiger partial charge in [-0.15, -0.1) is 10.2 Å². The highest BCUT2D eigenvalue weighted by molar-refractivity contribution is 7.99. The molecule has 6 heteroatoms. The monoisotopic (exact) mass is 211 g/mol. The molecule has 0 spiro atoms. The van der Waals surface area contributed by atoms with E-state index in [1.807, 2.05) is 11.6 Å². The number of nitriles is 1. The van der Waals surface area contributed by atoms with Crippen LogP contribution >= 0.6 is 11.8 Å². The van der Waals surface area contributed by atoms with Gasteiger partial charge in [-0.1, -0.05) is 11.8 Å². The molecule has 0 aliphatic heterocycles. The van der Waals surface area contributed by atoms with E-state index < -0.39 is 0 Å². The van der Waals surface area contributed by atoms with Crippen LogP contribution in [0.4, 0.5) is 0 Å². The summed E-state index contributed by atoms with van der Waals surface area (Å²) in [6.45, 7) is 0. The van der Waals surface area contributed by atoms with E-state index in [0.29, 0.717) is 0 Å². The van der Waals surface area contributed by atoms with Gasteiger partial charge in [0, 0.05) is 12.8 Å². The molecule has 5 nitrogen and oxygen atoms in total. The van der Waals surface area contributed by atoms with Gasteiger partial charge in [-0.3, -0.25) is 0 Å². The van der Waals surface area contributed by atoms with Gasteiger partial charge in [0.15, 0.2) is 5.16 Å². The highest BCUT2D eigenvalue weighted by atomic mass is 32.2. The maximum Gasteiger partial charge on any atom is 0.190 e. The van der Waals surface area contributed by atoms with Gasteiger partial charge in [0.05, 0.1) is 12.1 Å². The number of nitrogens with one attached hydrogen (secondary N) is 1. The van der Waals surface area contributed by atoms with E-state index in [4.69, 9.17) is 5.26 Å². The van der Waals surface area contributed by atoms with Crippen molar-refractivity contribution in [2.45, 2.75) is 17.6 Å². The molecule has 1 N–H and O–H groups in total. The molecule has 1 heterocycles. The normalized spacial score (nSPS) is 12.4. The Kier molecular flexibility index (Phi) is 4.43. The predicted octanol–water partition coefficient (Wildman–Crippen LogP) is 0.409. The lowest BCUT2D eigenvalue weighted by Gasteiger charge is -2.05. The van der Waals surface area contributed by atoms with Crippen molar-refractivity contribution in [3.63, 3.8) is 0 Å². The summed E-state index contributed by atoms with van der Waals surface area (Å²) in [6.07, 6.45) is 2.48. The molecule has 1 atom stereocenters. The van der Waals surface area contributed by atoms with E-state index in [1.54, 1.807) is 25.1 Å². The molecule has 0 aliphatic rings. The molecule has 0 saturated carbocycles. The molecule has 0 amide bonds. The Morgan fingerprint density at radius 1 is 1.79 bits per heavy atom. The molecule has 14 heavy (non-hydrogen) atoms. The van der Waals surface area contributed by atoms with E-state index in [0.717, 1.165) is 17.3 Å². The molecular weight excluding hydrogens is 198 g/mol. The first-order valence-corrected chi connectivity index (χ1v) is 5.30. The molecule has 0 radical (unpaired) electrons. The van der Waals surface area contributed by atoms with E-state index in [-0.39, 0.29) is 6.04 Å². The Balaban J connectivity index is 2.29. The molecule has 1 rings (SSSR count). The SMILES string of the molecule is CNC(C#N)CCSc1nncn1C. The van der Waals surface area contributed by atoms with Gasteiger partial charge in [0.25, 0.3) is 0 Å². The predicted molar refractivity (Wildman–Crippen MR) is 54.8 cm³/mol. The Hall–Kier alpha value is -1.06. The minimum Gasteiger partial charge on any atom is -0.312 e. The number of hydrogen-bond donors (Lipinski definition) is 1. The molecule has 1 aromatic rings. The van der Waals surface area contributed by atoms with Crippen molar-refractivity contribution in [2.24, 2.45) is 7.05 Å². The third-order valence-corrected chi connectivity index (χ3v) is 2.88. The van der Waals surface area contributed by atoms with Gasteiger partial charge in [0.2, 0.25) is 0 Å². The van der Waals surface area contributed by atoms with Crippen molar-refractivity contribution in [1.82, 2.24) is 20.1 Å². The maximum atomic E-state index is 8.68. The van der Waals surface area contributed by atoms with Crippen LogP contribution in [0, 0.1) is 11.3 Å². The lowest BCUT2D eigenvalue weighted by molar-refractivity contribution is 0.662. The van der Waals surface area contributed by atoms with Crippen molar-refractivity contribution in [1.29, 1.82) is 5.26 Å². The number of hydrogen-bond acceptors (Lipinski definition) is 5. The van der Waals surface area contributed by atoms with Crippen LogP contribution in [0.5, 0.6) is 0 Å². The fourth-order valence-corrected chi connectivity index (χ4v) is 1.84. The molecule has 1 aromatic heterocycles. The molecule has 0 saturated heterocycles. The van der Waals surface area contributed by atoms with Crippen LogP contribution in [-0.2, 0) is 7.05 Å². The number of rotatable bonds is 5. The Morgan fingerprint density at radius 3 is 3.07 bits per heavy atom. The van der Waals surface area contributed by atoms with Crippen molar-refractivity contribution < 1.29 is 0 Å². The van der Waals surface area contributed by atoms with Gasteiger partial charge >= 0.3 is 0 Å². The fourth-order valence-electron chi connectivity index (χ4n) is 0.945. The maximum absolute atomic E-state index is 8.68. The minimum atomic E-state index is -0.0734. The van der Waals surface area contributed by atoms with E-state index in [9.17, 15) is 0 Å². The highest BCUT2D eigenvalue weighted by Gasteiger charge is 2.05. The summed E-state index contributed by atoms with van der Waals surface area (Å²) in [4.78, 5) is 0. The smallest absolute Gasteiger partial charge is 0.190 e. The quantitative estimate of drug-likeness (QED) is 0.714. The van der Waals surface area contributed by atoms with Gasteiger partial charge < -0.3 is 9.88 Å². The summed E-state index contributed by atoms with van der Waals surface area (Å²) in [6, 6.07) is 2.11. The van der Waals surface area contributed by atoms with E-state index in [2.05, 4.69) is 21.6 Å². The van der Waals surface area contributed by atoms with Gasteiger partial charge in [0.1, 0.15) is 6.33 Å². The van der Waals surface area contributed by atoms with Crippen LogP contribution in [0.3, 0.4) is 0 Å². The second-order valence-electron chi connectivity index (χ2n) is 2.83. The summed E-state index contributed by atoms with van der Waals surface area (Å²) in [7, 11) is 3.70. The zero-order valence-corrected chi connectivity index (χ0v) is 9.08. The van der Waals surface area contributed by atoms with Crippen LogP contribution < -0.4 is 5.32 Å².